The molecule has 2 aromatic rings. The summed E-state index contributed by atoms with van der Waals surface area (Å²) in [5.41, 5.74) is 2.85. The van der Waals surface area contributed by atoms with Gasteiger partial charge in [-0.1, -0.05) is 36.2 Å². The van der Waals surface area contributed by atoms with Crippen LogP contribution in [-0.4, -0.2) is 64.3 Å². The van der Waals surface area contributed by atoms with Crippen LogP contribution in [-0.2, 0) is 11.3 Å². The molecule has 8 heteroatoms. The SMILES string of the molecule is Cc1cccc(N2CC(C)C[N+]3=C2N=C2C3C(=O)N(Cc3ccc(F)cc3)C(=O)N2C)c1. The summed E-state index contributed by atoms with van der Waals surface area (Å²) in [6, 6.07) is 13.0. The van der Waals surface area contributed by atoms with Gasteiger partial charge in [0.25, 0.3) is 5.91 Å². The Morgan fingerprint density at radius 3 is 2.62 bits per heavy atom. The lowest BCUT2D eigenvalue weighted by Gasteiger charge is -2.35. The molecule has 5 rings (SSSR count). The zero-order chi connectivity index (χ0) is 22.6. The minimum absolute atomic E-state index is 0.0897. The number of nitrogens with zero attached hydrogens (tertiary/aromatic N) is 5. The minimum Gasteiger partial charge on any atom is -0.270 e. The Labute approximate surface area is 186 Å². The largest absolute Gasteiger partial charge is 0.397 e. The van der Waals surface area contributed by atoms with Gasteiger partial charge >= 0.3 is 12.0 Å². The molecule has 0 aliphatic carbocycles. The quantitative estimate of drug-likeness (QED) is 0.698. The van der Waals surface area contributed by atoms with Crippen LogP contribution in [0.25, 0.3) is 0 Å². The summed E-state index contributed by atoms with van der Waals surface area (Å²) in [5, 5.41) is 0. The van der Waals surface area contributed by atoms with Crippen LogP contribution in [0.3, 0.4) is 0 Å². The molecule has 2 atom stereocenters. The van der Waals surface area contributed by atoms with Crippen molar-refractivity contribution in [2.45, 2.75) is 26.4 Å². The van der Waals surface area contributed by atoms with Crippen LogP contribution in [0.4, 0.5) is 14.9 Å². The van der Waals surface area contributed by atoms with E-state index in [2.05, 4.69) is 17.9 Å². The van der Waals surface area contributed by atoms with E-state index in [4.69, 9.17) is 4.99 Å². The average Bonchev–Trinajstić information content (AvgIpc) is 3.15. The summed E-state index contributed by atoms with van der Waals surface area (Å²) in [6.07, 6.45) is 0. The Morgan fingerprint density at radius 1 is 1.16 bits per heavy atom. The van der Waals surface area contributed by atoms with Gasteiger partial charge in [0.15, 0.2) is 0 Å². The Bertz CT molecular complexity index is 1170. The fourth-order valence-electron chi connectivity index (χ4n) is 4.63. The van der Waals surface area contributed by atoms with Gasteiger partial charge in [0, 0.05) is 13.0 Å². The van der Waals surface area contributed by atoms with Gasteiger partial charge in [-0.25, -0.2) is 18.7 Å². The number of guanidine groups is 1. The van der Waals surface area contributed by atoms with Gasteiger partial charge in [0.2, 0.25) is 11.9 Å². The molecule has 0 saturated carbocycles. The van der Waals surface area contributed by atoms with E-state index in [1.807, 2.05) is 29.7 Å². The first-order valence-corrected chi connectivity index (χ1v) is 10.7. The third-order valence-corrected chi connectivity index (χ3v) is 6.20. The molecule has 0 spiro atoms. The van der Waals surface area contributed by atoms with Gasteiger partial charge in [0.05, 0.1) is 19.6 Å². The molecule has 1 fully saturated rings. The fourth-order valence-corrected chi connectivity index (χ4v) is 4.63. The Balaban J connectivity index is 1.53. The van der Waals surface area contributed by atoms with Gasteiger partial charge in [-0.15, -0.1) is 0 Å². The molecule has 0 aromatic heterocycles. The standard InChI is InChI=1S/C24H25FN5O2/c1-15-5-4-6-19(11-15)28-12-16(2)13-29-20-21(26-23(28)29)27(3)24(32)30(22(20)31)14-17-7-9-18(25)10-8-17/h4-11,16,20H,12-14H2,1-3H3/q+1. The monoisotopic (exact) mass is 434 g/mol. The van der Waals surface area contributed by atoms with Gasteiger partial charge in [-0.05, 0) is 42.3 Å². The molecular weight excluding hydrogens is 409 g/mol. The molecule has 2 aromatic carbocycles. The molecule has 164 valence electrons. The number of urea groups is 1. The summed E-state index contributed by atoms with van der Waals surface area (Å²) in [4.78, 5) is 36.2. The third kappa shape index (κ3) is 3.26. The van der Waals surface area contributed by atoms with Crippen LogP contribution < -0.4 is 4.90 Å². The number of hydrogen-bond donors (Lipinski definition) is 0. The second-order valence-electron chi connectivity index (χ2n) is 8.77. The molecule has 3 aliphatic heterocycles. The molecule has 3 amide bonds. The maximum Gasteiger partial charge on any atom is 0.397 e. The van der Waals surface area contributed by atoms with E-state index < -0.39 is 12.1 Å². The summed E-state index contributed by atoms with van der Waals surface area (Å²) in [5.74, 6) is 0.798. The smallest absolute Gasteiger partial charge is 0.270 e. The molecule has 0 bridgehead atoms. The topological polar surface area (TPSA) is 59.2 Å². The maximum atomic E-state index is 13.5. The highest BCUT2D eigenvalue weighted by atomic mass is 19.1. The maximum absolute atomic E-state index is 13.5. The summed E-state index contributed by atoms with van der Waals surface area (Å²) in [6.45, 7) is 5.74. The number of fused-ring (bicyclic) bond motifs is 2. The van der Waals surface area contributed by atoms with Crippen molar-refractivity contribution in [1.82, 2.24) is 9.80 Å². The van der Waals surface area contributed by atoms with Gasteiger partial charge in [0.1, 0.15) is 11.5 Å². The molecule has 0 radical (unpaired) electrons. The predicted octanol–water partition coefficient (Wildman–Crippen LogP) is 2.83. The predicted molar refractivity (Wildman–Crippen MR) is 119 cm³/mol. The Morgan fingerprint density at radius 2 is 1.91 bits per heavy atom. The molecule has 3 aliphatic rings. The number of benzene rings is 2. The van der Waals surface area contributed by atoms with Crippen molar-refractivity contribution in [3.05, 3.63) is 65.5 Å². The van der Waals surface area contributed by atoms with Crippen LogP contribution in [0.5, 0.6) is 0 Å². The first-order chi connectivity index (χ1) is 15.3. The molecule has 2 unspecified atom stereocenters. The first-order valence-electron chi connectivity index (χ1n) is 10.7. The van der Waals surface area contributed by atoms with E-state index in [-0.39, 0.29) is 18.3 Å². The van der Waals surface area contributed by atoms with Crippen molar-refractivity contribution >= 4 is 29.4 Å². The second kappa shape index (κ2) is 7.55. The highest BCUT2D eigenvalue weighted by Gasteiger charge is 2.55. The van der Waals surface area contributed by atoms with E-state index in [0.717, 1.165) is 17.8 Å². The third-order valence-electron chi connectivity index (χ3n) is 6.20. The number of halogens is 1. The number of amides is 3. The molecule has 7 nitrogen and oxygen atoms in total. The van der Waals surface area contributed by atoms with E-state index in [1.165, 1.54) is 21.9 Å². The number of imide groups is 1. The van der Waals surface area contributed by atoms with Crippen LogP contribution in [0.2, 0.25) is 0 Å². The van der Waals surface area contributed by atoms with Crippen molar-refractivity contribution < 1.29 is 18.6 Å². The fraction of sp³-hybridized carbons (Fsp3) is 0.333. The molecular formula is C24H25FN5O2+. The van der Waals surface area contributed by atoms with Crippen LogP contribution >= 0.6 is 0 Å². The molecule has 32 heavy (non-hydrogen) atoms. The van der Waals surface area contributed by atoms with Crippen molar-refractivity contribution in [3.8, 4) is 0 Å². The molecule has 3 heterocycles. The lowest BCUT2D eigenvalue weighted by molar-refractivity contribution is -0.545. The lowest BCUT2D eigenvalue weighted by atomic mass is 10.1. The van der Waals surface area contributed by atoms with Crippen LogP contribution in [0.15, 0.2) is 53.5 Å². The number of rotatable bonds is 3. The number of likely N-dealkylation sites (N-methyl/N-ethyl adjacent to an activating group) is 1. The number of carbonyl (C=O) groups is 2. The molecule has 1 saturated heterocycles. The van der Waals surface area contributed by atoms with Gasteiger partial charge in [-0.3, -0.25) is 14.6 Å². The zero-order valence-electron chi connectivity index (χ0n) is 18.3. The highest BCUT2D eigenvalue weighted by Crippen LogP contribution is 2.29. The van der Waals surface area contributed by atoms with E-state index >= 15 is 0 Å². The van der Waals surface area contributed by atoms with Crippen LogP contribution in [0, 0.1) is 18.7 Å². The number of hydrogen-bond acceptors (Lipinski definition) is 4. The lowest BCUT2D eigenvalue weighted by Crippen LogP contribution is -2.63. The summed E-state index contributed by atoms with van der Waals surface area (Å²) < 4.78 is 15.3. The number of aliphatic imine (C=N–C) groups is 1. The van der Waals surface area contributed by atoms with Gasteiger partial charge < -0.3 is 0 Å². The number of carbonyl (C=O) groups excluding carboxylic acids is 2. The van der Waals surface area contributed by atoms with Crippen LogP contribution in [0.1, 0.15) is 18.1 Å². The number of amidine groups is 1. The number of anilines is 1. The van der Waals surface area contributed by atoms with E-state index in [0.29, 0.717) is 29.8 Å². The second-order valence-corrected chi connectivity index (χ2v) is 8.77. The van der Waals surface area contributed by atoms with E-state index in [9.17, 15) is 14.0 Å². The van der Waals surface area contributed by atoms with Crippen molar-refractivity contribution in [3.63, 3.8) is 0 Å². The van der Waals surface area contributed by atoms with Crippen molar-refractivity contribution in [2.75, 3.05) is 25.0 Å². The van der Waals surface area contributed by atoms with Crippen molar-refractivity contribution in [1.29, 1.82) is 0 Å². The first kappa shape index (κ1) is 20.4. The van der Waals surface area contributed by atoms with Crippen molar-refractivity contribution in [2.24, 2.45) is 10.9 Å². The highest BCUT2D eigenvalue weighted by molar-refractivity contribution is 6.24. The molecule has 0 N–H and O–H groups in total. The zero-order valence-corrected chi connectivity index (χ0v) is 18.3. The summed E-state index contributed by atoms with van der Waals surface area (Å²) >= 11 is 0. The Kier molecular flexibility index (Phi) is 4.80. The van der Waals surface area contributed by atoms with Gasteiger partial charge in [-0.2, -0.15) is 0 Å². The summed E-state index contributed by atoms with van der Waals surface area (Å²) in [7, 11) is 1.65. The van der Waals surface area contributed by atoms with E-state index in [1.54, 1.807) is 19.2 Å². The normalized spacial score (nSPS) is 22.9. The number of aryl methyl sites for hydroxylation is 1. The minimum atomic E-state index is -0.650. The Hall–Kier alpha value is -3.55. The average molecular weight is 434 g/mol.